The Morgan fingerprint density at radius 3 is 2.23 bits per heavy atom. The normalized spacial score (nSPS) is 16.4. The van der Waals surface area contributed by atoms with Gasteiger partial charge in [-0.1, -0.05) is 87.4 Å². The highest BCUT2D eigenvalue weighted by Crippen LogP contribution is 2.24. The minimum absolute atomic E-state index is 0.909. The van der Waals surface area contributed by atoms with E-state index in [1.54, 1.807) is 0 Å². The maximum absolute atomic E-state index is 2.51. The molecule has 0 aliphatic heterocycles. The Labute approximate surface area is 138 Å². The van der Waals surface area contributed by atoms with Crippen molar-refractivity contribution in [2.24, 2.45) is 5.92 Å². The van der Waals surface area contributed by atoms with Crippen LogP contribution in [0.25, 0.3) is 0 Å². The van der Waals surface area contributed by atoms with E-state index in [1.807, 2.05) is 0 Å². The van der Waals surface area contributed by atoms with Crippen molar-refractivity contribution in [3.05, 3.63) is 48.0 Å². The Hall–Kier alpha value is -1.04. The standard InChI is InChI=1S/C22H34/c1(3-5-9-15-21-17-11-7-12-18-21)2-4-6-10-16-22-19-13-8-14-20-22/h7,10-12,16-18,22H,1-6,8-9,13-15,19-20H2/b16-10+. The molecule has 0 saturated heterocycles. The van der Waals surface area contributed by atoms with Crippen LogP contribution in [0.4, 0.5) is 0 Å². The van der Waals surface area contributed by atoms with E-state index in [0.29, 0.717) is 0 Å². The highest BCUT2D eigenvalue weighted by molar-refractivity contribution is 5.14. The van der Waals surface area contributed by atoms with Crippen LogP contribution in [0.2, 0.25) is 0 Å². The number of allylic oxidation sites excluding steroid dienone is 2. The highest BCUT2D eigenvalue weighted by Gasteiger charge is 2.09. The first kappa shape index (κ1) is 17.3. The monoisotopic (exact) mass is 298 g/mol. The van der Waals surface area contributed by atoms with Crippen molar-refractivity contribution >= 4 is 0 Å². The SMILES string of the molecule is C(=C\C1CCCCC1)/CCCCCCCCc1ccccc1. The molecular weight excluding hydrogens is 264 g/mol. The zero-order chi connectivity index (χ0) is 15.3. The molecule has 1 aromatic carbocycles. The second-order valence-electron chi connectivity index (χ2n) is 6.97. The molecule has 1 fully saturated rings. The minimum Gasteiger partial charge on any atom is -0.0883 e. The highest BCUT2D eigenvalue weighted by atomic mass is 14.1. The average molecular weight is 299 g/mol. The van der Waals surface area contributed by atoms with Crippen molar-refractivity contribution in [1.82, 2.24) is 0 Å². The van der Waals surface area contributed by atoms with Crippen molar-refractivity contribution < 1.29 is 0 Å². The third kappa shape index (κ3) is 7.82. The molecule has 2 rings (SSSR count). The van der Waals surface area contributed by atoms with Crippen LogP contribution in [0.3, 0.4) is 0 Å². The molecule has 1 aliphatic carbocycles. The van der Waals surface area contributed by atoms with E-state index in [9.17, 15) is 0 Å². The molecular formula is C22H34. The number of aryl methyl sites for hydroxylation is 1. The van der Waals surface area contributed by atoms with E-state index in [4.69, 9.17) is 0 Å². The van der Waals surface area contributed by atoms with Gasteiger partial charge in [0.2, 0.25) is 0 Å². The summed E-state index contributed by atoms with van der Waals surface area (Å²) in [6.45, 7) is 0. The second kappa shape index (κ2) is 11.5. The summed E-state index contributed by atoms with van der Waals surface area (Å²) in [5, 5.41) is 0. The number of rotatable bonds is 10. The first-order valence-electron chi connectivity index (χ1n) is 9.66. The fourth-order valence-electron chi connectivity index (χ4n) is 3.56. The quantitative estimate of drug-likeness (QED) is 0.319. The van der Waals surface area contributed by atoms with E-state index in [-0.39, 0.29) is 0 Å². The van der Waals surface area contributed by atoms with Gasteiger partial charge < -0.3 is 0 Å². The molecule has 0 heteroatoms. The lowest BCUT2D eigenvalue weighted by Crippen LogP contribution is -2.02. The molecule has 22 heavy (non-hydrogen) atoms. The smallest absolute Gasteiger partial charge is 0.0234 e. The van der Waals surface area contributed by atoms with Crippen LogP contribution in [0.1, 0.15) is 82.6 Å². The van der Waals surface area contributed by atoms with Gasteiger partial charge >= 0.3 is 0 Å². The Morgan fingerprint density at radius 1 is 0.773 bits per heavy atom. The lowest BCUT2D eigenvalue weighted by Gasteiger charge is -2.17. The summed E-state index contributed by atoms with van der Waals surface area (Å²) >= 11 is 0. The number of benzene rings is 1. The molecule has 0 heterocycles. The summed E-state index contributed by atoms with van der Waals surface area (Å²) in [7, 11) is 0. The molecule has 0 amide bonds. The Balaban J connectivity index is 1.37. The van der Waals surface area contributed by atoms with Crippen molar-refractivity contribution in [1.29, 1.82) is 0 Å². The van der Waals surface area contributed by atoms with Crippen LogP contribution in [-0.4, -0.2) is 0 Å². The maximum atomic E-state index is 2.51. The van der Waals surface area contributed by atoms with Crippen molar-refractivity contribution in [2.75, 3.05) is 0 Å². The molecule has 1 saturated carbocycles. The van der Waals surface area contributed by atoms with Gasteiger partial charge in [-0.05, 0) is 50.0 Å². The molecule has 0 spiro atoms. The topological polar surface area (TPSA) is 0 Å². The van der Waals surface area contributed by atoms with Crippen LogP contribution in [0.5, 0.6) is 0 Å². The Morgan fingerprint density at radius 2 is 1.45 bits per heavy atom. The van der Waals surface area contributed by atoms with E-state index in [1.165, 1.54) is 89.0 Å². The summed E-state index contributed by atoms with van der Waals surface area (Å²) in [6, 6.07) is 10.9. The molecule has 0 aromatic heterocycles. The van der Waals surface area contributed by atoms with Crippen LogP contribution in [0, 0.1) is 5.92 Å². The third-order valence-electron chi connectivity index (χ3n) is 4.99. The fourth-order valence-corrected chi connectivity index (χ4v) is 3.56. The van der Waals surface area contributed by atoms with Gasteiger partial charge in [-0.3, -0.25) is 0 Å². The average Bonchev–Trinajstić information content (AvgIpc) is 2.58. The van der Waals surface area contributed by atoms with Crippen molar-refractivity contribution in [3.8, 4) is 0 Å². The predicted octanol–water partition coefficient (Wildman–Crippen LogP) is 7.10. The van der Waals surface area contributed by atoms with E-state index >= 15 is 0 Å². The summed E-state index contributed by atoms with van der Waals surface area (Å²) in [5.74, 6) is 0.909. The van der Waals surface area contributed by atoms with E-state index < -0.39 is 0 Å². The Kier molecular flexibility index (Phi) is 9.07. The van der Waals surface area contributed by atoms with E-state index in [0.717, 1.165) is 5.92 Å². The molecule has 122 valence electrons. The first-order chi connectivity index (χ1) is 10.9. The zero-order valence-electron chi connectivity index (χ0n) is 14.3. The third-order valence-corrected chi connectivity index (χ3v) is 4.99. The molecule has 0 radical (unpaired) electrons. The fraction of sp³-hybridized carbons (Fsp3) is 0.636. The van der Waals surface area contributed by atoms with E-state index in [2.05, 4.69) is 42.5 Å². The van der Waals surface area contributed by atoms with Crippen LogP contribution in [-0.2, 0) is 6.42 Å². The van der Waals surface area contributed by atoms with Crippen molar-refractivity contribution in [2.45, 2.75) is 83.5 Å². The lowest BCUT2D eigenvalue weighted by atomic mass is 9.89. The summed E-state index contributed by atoms with van der Waals surface area (Å²) in [5.41, 5.74) is 1.50. The largest absolute Gasteiger partial charge is 0.0883 e. The Bertz CT molecular complexity index is 384. The summed E-state index contributed by atoms with van der Waals surface area (Å²) in [6.07, 6.45) is 23.2. The first-order valence-corrected chi connectivity index (χ1v) is 9.66. The van der Waals surface area contributed by atoms with Gasteiger partial charge in [0.25, 0.3) is 0 Å². The number of hydrogen-bond acceptors (Lipinski definition) is 0. The van der Waals surface area contributed by atoms with Crippen LogP contribution in [0.15, 0.2) is 42.5 Å². The van der Waals surface area contributed by atoms with Gasteiger partial charge in [0.1, 0.15) is 0 Å². The predicted molar refractivity (Wildman–Crippen MR) is 98.2 cm³/mol. The molecule has 0 nitrogen and oxygen atoms in total. The second-order valence-corrected chi connectivity index (χ2v) is 6.97. The summed E-state index contributed by atoms with van der Waals surface area (Å²) in [4.78, 5) is 0. The van der Waals surface area contributed by atoms with Gasteiger partial charge in [0.05, 0.1) is 0 Å². The molecule has 0 atom stereocenters. The summed E-state index contributed by atoms with van der Waals surface area (Å²) < 4.78 is 0. The van der Waals surface area contributed by atoms with Crippen LogP contribution >= 0.6 is 0 Å². The molecule has 0 unspecified atom stereocenters. The van der Waals surface area contributed by atoms with Gasteiger partial charge in [0.15, 0.2) is 0 Å². The number of hydrogen-bond donors (Lipinski definition) is 0. The molecule has 1 aliphatic rings. The van der Waals surface area contributed by atoms with Gasteiger partial charge in [-0.2, -0.15) is 0 Å². The van der Waals surface area contributed by atoms with Gasteiger partial charge in [-0.25, -0.2) is 0 Å². The maximum Gasteiger partial charge on any atom is -0.0234 e. The zero-order valence-corrected chi connectivity index (χ0v) is 14.3. The lowest BCUT2D eigenvalue weighted by molar-refractivity contribution is 0.418. The molecule has 0 bridgehead atoms. The van der Waals surface area contributed by atoms with Gasteiger partial charge in [0, 0.05) is 0 Å². The van der Waals surface area contributed by atoms with Crippen molar-refractivity contribution in [3.63, 3.8) is 0 Å². The van der Waals surface area contributed by atoms with Crippen LogP contribution < -0.4 is 0 Å². The molecule has 1 aromatic rings. The minimum atomic E-state index is 0.909. The number of unbranched alkanes of at least 4 members (excludes halogenated alkanes) is 6. The van der Waals surface area contributed by atoms with Gasteiger partial charge in [-0.15, -0.1) is 0 Å². The molecule has 0 N–H and O–H groups in total.